The summed E-state index contributed by atoms with van der Waals surface area (Å²) in [7, 11) is 6.70. The first kappa shape index (κ1) is 19.7. The molecule has 0 atom stereocenters. The molecule has 0 N–H and O–H groups in total. The van der Waals surface area contributed by atoms with Crippen molar-refractivity contribution < 1.29 is 14.3 Å². The molecule has 150 valence electrons. The summed E-state index contributed by atoms with van der Waals surface area (Å²) in [6.45, 7) is 1.56. The Kier molecular flexibility index (Phi) is 5.55. The number of fused-ring (bicyclic) bond motifs is 1. The third-order valence-electron chi connectivity index (χ3n) is 4.66. The van der Waals surface area contributed by atoms with Crippen molar-refractivity contribution in [2.45, 2.75) is 6.54 Å². The summed E-state index contributed by atoms with van der Waals surface area (Å²) in [6, 6.07) is 6.71. The average molecular weight is 388 g/mol. The fourth-order valence-corrected chi connectivity index (χ4v) is 2.93. The Hall–Kier alpha value is -3.07. The van der Waals surface area contributed by atoms with Gasteiger partial charge in [0.25, 0.3) is 11.5 Å². The van der Waals surface area contributed by atoms with E-state index in [2.05, 4.69) is 0 Å². The van der Waals surface area contributed by atoms with E-state index in [-0.39, 0.29) is 18.4 Å². The van der Waals surface area contributed by atoms with E-state index in [0.29, 0.717) is 31.1 Å². The third kappa shape index (κ3) is 3.94. The van der Waals surface area contributed by atoms with Crippen molar-refractivity contribution in [3.63, 3.8) is 0 Å². The van der Waals surface area contributed by atoms with Gasteiger partial charge in [0.2, 0.25) is 6.79 Å². The van der Waals surface area contributed by atoms with Gasteiger partial charge in [0.05, 0.1) is 0 Å². The van der Waals surface area contributed by atoms with E-state index in [0.717, 1.165) is 10.1 Å². The Bertz CT molecular complexity index is 1010. The predicted octanol–water partition coefficient (Wildman–Crippen LogP) is 0.0167. The number of rotatable bonds is 6. The van der Waals surface area contributed by atoms with Gasteiger partial charge in [0.1, 0.15) is 5.69 Å². The summed E-state index contributed by atoms with van der Waals surface area (Å²) in [5, 5.41) is 0. The summed E-state index contributed by atoms with van der Waals surface area (Å²) in [5.41, 5.74) is -0.119. The zero-order valence-electron chi connectivity index (χ0n) is 16.5. The molecule has 2 aromatic rings. The molecular formula is C19H24N4O5. The monoisotopic (exact) mass is 388 g/mol. The van der Waals surface area contributed by atoms with Crippen molar-refractivity contribution in [2.24, 2.45) is 14.1 Å². The first-order valence-corrected chi connectivity index (χ1v) is 8.87. The van der Waals surface area contributed by atoms with Crippen LogP contribution in [0.4, 0.5) is 0 Å². The highest BCUT2D eigenvalue weighted by atomic mass is 16.7. The Morgan fingerprint density at radius 1 is 1.04 bits per heavy atom. The molecule has 0 unspecified atom stereocenters. The Morgan fingerprint density at radius 3 is 2.46 bits per heavy atom. The Morgan fingerprint density at radius 2 is 1.75 bits per heavy atom. The summed E-state index contributed by atoms with van der Waals surface area (Å²) < 4.78 is 12.9. The Labute approximate surface area is 162 Å². The average Bonchev–Trinajstić information content (AvgIpc) is 3.13. The van der Waals surface area contributed by atoms with Gasteiger partial charge in [-0.3, -0.25) is 18.7 Å². The van der Waals surface area contributed by atoms with Crippen LogP contribution < -0.4 is 20.7 Å². The SMILES string of the molecule is CN(C)CCN(Cc1ccc2c(c1)OCO2)C(=O)c1cc(=O)n(C)c(=O)n1C. The number of nitrogens with zero attached hydrogens (tertiary/aromatic N) is 4. The zero-order chi connectivity index (χ0) is 20.4. The second-order valence-electron chi connectivity index (χ2n) is 6.99. The highest BCUT2D eigenvalue weighted by Gasteiger charge is 2.22. The topological polar surface area (TPSA) is 86.0 Å². The maximum atomic E-state index is 13.2. The van der Waals surface area contributed by atoms with Crippen molar-refractivity contribution in [1.29, 1.82) is 0 Å². The highest BCUT2D eigenvalue weighted by molar-refractivity contribution is 5.92. The standard InChI is InChI=1S/C19H24N4O5/c1-20(2)7-8-23(11-13-5-6-15-16(9-13)28-12-27-15)18(25)14-10-17(24)22(4)19(26)21(14)3/h5-6,9-10H,7-8,11-12H2,1-4H3. The highest BCUT2D eigenvalue weighted by Crippen LogP contribution is 2.32. The van der Waals surface area contributed by atoms with Crippen molar-refractivity contribution >= 4 is 5.91 Å². The number of aromatic nitrogens is 2. The van der Waals surface area contributed by atoms with E-state index < -0.39 is 11.2 Å². The summed E-state index contributed by atoms with van der Waals surface area (Å²) in [5.74, 6) is 0.930. The first-order chi connectivity index (χ1) is 13.3. The van der Waals surface area contributed by atoms with Crippen molar-refractivity contribution in [3.05, 3.63) is 56.4 Å². The van der Waals surface area contributed by atoms with E-state index in [4.69, 9.17) is 9.47 Å². The van der Waals surface area contributed by atoms with Crippen molar-refractivity contribution in [2.75, 3.05) is 34.0 Å². The molecule has 0 aliphatic carbocycles. The largest absolute Gasteiger partial charge is 0.454 e. The molecule has 9 heteroatoms. The van der Waals surface area contributed by atoms with Crippen LogP contribution in [0.5, 0.6) is 11.5 Å². The maximum absolute atomic E-state index is 13.2. The molecule has 0 fully saturated rings. The molecule has 3 rings (SSSR count). The van der Waals surface area contributed by atoms with Gasteiger partial charge in [0, 0.05) is 39.8 Å². The molecule has 0 radical (unpaired) electrons. The van der Waals surface area contributed by atoms with Crippen LogP contribution in [0.25, 0.3) is 0 Å². The van der Waals surface area contributed by atoms with Crippen LogP contribution in [-0.4, -0.2) is 58.8 Å². The molecule has 1 aromatic carbocycles. The van der Waals surface area contributed by atoms with Gasteiger partial charge < -0.3 is 19.3 Å². The van der Waals surface area contributed by atoms with E-state index in [1.54, 1.807) is 11.0 Å². The van der Waals surface area contributed by atoms with Crippen molar-refractivity contribution in [1.82, 2.24) is 18.9 Å². The van der Waals surface area contributed by atoms with Gasteiger partial charge in [-0.2, -0.15) is 0 Å². The van der Waals surface area contributed by atoms with Gasteiger partial charge in [0.15, 0.2) is 11.5 Å². The molecule has 0 saturated heterocycles. The normalized spacial score (nSPS) is 12.5. The fourth-order valence-electron chi connectivity index (χ4n) is 2.93. The number of carbonyl (C=O) groups is 1. The molecule has 0 spiro atoms. The molecule has 1 aliphatic rings. The van der Waals surface area contributed by atoms with Crippen LogP contribution in [0.1, 0.15) is 16.1 Å². The third-order valence-corrected chi connectivity index (χ3v) is 4.66. The number of amides is 1. The van der Waals surface area contributed by atoms with Gasteiger partial charge in [-0.1, -0.05) is 6.07 Å². The van der Waals surface area contributed by atoms with Crippen LogP contribution in [0.15, 0.2) is 33.9 Å². The molecule has 0 saturated carbocycles. The molecule has 1 amide bonds. The molecular weight excluding hydrogens is 364 g/mol. The van der Waals surface area contributed by atoms with Gasteiger partial charge in [-0.05, 0) is 31.8 Å². The molecule has 1 aromatic heterocycles. The van der Waals surface area contributed by atoms with Crippen LogP contribution in [0.3, 0.4) is 0 Å². The van der Waals surface area contributed by atoms with Crippen LogP contribution in [0, 0.1) is 0 Å². The summed E-state index contributed by atoms with van der Waals surface area (Å²) in [6.07, 6.45) is 0. The zero-order valence-corrected chi connectivity index (χ0v) is 16.5. The van der Waals surface area contributed by atoms with Crippen LogP contribution in [0.2, 0.25) is 0 Å². The lowest BCUT2D eigenvalue weighted by Gasteiger charge is -2.25. The van der Waals surface area contributed by atoms with Crippen LogP contribution in [-0.2, 0) is 20.6 Å². The lowest BCUT2D eigenvalue weighted by molar-refractivity contribution is 0.0719. The minimum absolute atomic E-state index is 0.0626. The van der Waals surface area contributed by atoms with E-state index >= 15 is 0 Å². The maximum Gasteiger partial charge on any atom is 0.331 e. The van der Waals surface area contributed by atoms with Gasteiger partial charge in [-0.15, -0.1) is 0 Å². The van der Waals surface area contributed by atoms with Crippen molar-refractivity contribution in [3.8, 4) is 11.5 Å². The molecule has 1 aliphatic heterocycles. The van der Waals surface area contributed by atoms with Gasteiger partial charge in [-0.25, -0.2) is 4.79 Å². The number of hydrogen-bond acceptors (Lipinski definition) is 6. The number of likely N-dealkylation sites (N-methyl/N-ethyl adjacent to an activating group) is 1. The fraction of sp³-hybridized carbons (Fsp3) is 0.421. The second kappa shape index (κ2) is 7.89. The lowest BCUT2D eigenvalue weighted by atomic mass is 10.1. The minimum atomic E-state index is -0.536. The predicted molar refractivity (Wildman–Crippen MR) is 103 cm³/mol. The summed E-state index contributed by atoms with van der Waals surface area (Å²) >= 11 is 0. The molecule has 28 heavy (non-hydrogen) atoms. The Balaban J connectivity index is 1.92. The molecule has 9 nitrogen and oxygen atoms in total. The number of carbonyl (C=O) groups excluding carboxylic acids is 1. The van der Waals surface area contributed by atoms with Gasteiger partial charge >= 0.3 is 5.69 Å². The minimum Gasteiger partial charge on any atom is -0.454 e. The lowest BCUT2D eigenvalue weighted by Crippen LogP contribution is -2.43. The smallest absolute Gasteiger partial charge is 0.331 e. The van der Waals surface area contributed by atoms with Crippen LogP contribution >= 0.6 is 0 Å². The van der Waals surface area contributed by atoms with E-state index in [1.165, 1.54) is 24.7 Å². The molecule has 0 bridgehead atoms. The van der Waals surface area contributed by atoms with E-state index in [9.17, 15) is 14.4 Å². The quantitative estimate of drug-likeness (QED) is 0.693. The van der Waals surface area contributed by atoms with E-state index in [1.807, 2.05) is 31.1 Å². The number of benzene rings is 1. The number of hydrogen-bond donors (Lipinski definition) is 0. The second-order valence-corrected chi connectivity index (χ2v) is 6.99. The summed E-state index contributed by atoms with van der Waals surface area (Å²) in [4.78, 5) is 41.0. The number of ether oxygens (including phenoxy) is 2. The molecule has 2 heterocycles. The first-order valence-electron chi connectivity index (χ1n) is 8.87.